The highest BCUT2D eigenvalue weighted by Crippen LogP contribution is 2.35. The molecule has 1 saturated carbocycles. The number of alkyl halides is 3. The number of nitrogens with one attached hydrogen (secondary N) is 1. The fourth-order valence-electron chi connectivity index (χ4n) is 2.35. The van der Waals surface area contributed by atoms with Crippen LogP contribution >= 0.6 is 0 Å². The Labute approximate surface area is 118 Å². The average Bonchev–Trinajstić information content (AvgIpc) is 3.03. The van der Waals surface area contributed by atoms with Gasteiger partial charge >= 0.3 is 12.1 Å². The van der Waals surface area contributed by atoms with E-state index in [1.807, 2.05) is 0 Å². The van der Waals surface area contributed by atoms with E-state index >= 15 is 0 Å². The van der Waals surface area contributed by atoms with Crippen LogP contribution in [0.15, 0.2) is 0 Å². The van der Waals surface area contributed by atoms with E-state index in [2.05, 4.69) is 5.32 Å². The predicted molar refractivity (Wildman–Crippen MR) is 70.2 cm³/mol. The van der Waals surface area contributed by atoms with Gasteiger partial charge in [-0.2, -0.15) is 13.2 Å². The van der Waals surface area contributed by atoms with Crippen molar-refractivity contribution in [3.05, 3.63) is 0 Å². The Balaban J connectivity index is 2.79. The molecule has 0 aromatic heterocycles. The zero-order valence-corrected chi connectivity index (χ0v) is 12.7. The van der Waals surface area contributed by atoms with Gasteiger partial charge in [0.25, 0.3) is 0 Å². The molecule has 0 aromatic rings. The summed E-state index contributed by atoms with van der Waals surface area (Å²) >= 11 is 0. The Morgan fingerprint density at radius 2 is 1.70 bits per heavy atom. The summed E-state index contributed by atoms with van der Waals surface area (Å²) in [5, 5.41) is 2.09. The molecule has 1 amide bonds. The van der Waals surface area contributed by atoms with Crippen molar-refractivity contribution < 1.29 is 22.7 Å². The van der Waals surface area contributed by atoms with Gasteiger partial charge < -0.3 is 10.1 Å². The van der Waals surface area contributed by atoms with Crippen molar-refractivity contribution in [2.75, 3.05) is 6.61 Å². The van der Waals surface area contributed by atoms with Crippen molar-refractivity contribution in [1.82, 2.24) is 5.32 Å². The molecule has 0 bridgehead atoms. The van der Waals surface area contributed by atoms with Crippen LogP contribution in [-0.4, -0.2) is 30.3 Å². The van der Waals surface area contributed by atoms with Crippen molar-refractivity contribution in [2.45, 2.75) is 65.3 Å². The summed E-state index contributed by atoms with van der Waals surface area (Å²) in [6.07, 6.45) is -2.67. The minimum absolute atomic E-state index is 0.508. The number of carbonyl (C=O) groups excluding carboxylic acids is 1. The van der Waals surface area contributed by atoms with Gasteiger partial charge in [-0.25, -0.2) is 0 Å². The summed E-state index contributed by atoms with van der Waals surface area (Å²) in [5.74, 6) is -1.41. The van der Waals surface area contributed by atoms with Gasteiger partial charge in [-0.3, -0.25) is 4.79 Å². The summed E-state index contributed by atoms with van der Waals surface area (Å²) in [7, 11) is 0. The maximum atomic E-state index is 12.5. The molecule has 1 aliphatic carbocycles. The smallest absolute Gasteiger partial charge is 0.373 e. The molecule has 0 radical (unpaired) electrons. The Bertz CT molecular complexity index is 354. The van der Waals surface area contributed by atoms with Crippen LogP contribution in [0.3, 0.4) is 0 Å². The van der Waals surface area contributed by atoms with Gasteiger partial charge in [0.1, 0.15) is 0 Å². The fourth-order valence-corrected chi connectivity index (χ4v) is 2.35. The quantitative estimate of drug-likeness (QED) is 0.845. The van der Waals surface area contributed by atoms with Crippen LogP contribution in [-0.2, 0) is 9.53 Å². The van der Waals surface area contributed by atoms with Gasteiger partial charge in [0.15, 0.2) is 0 Å². The first-order chi connectivity index (χ1) is 8.84. The molecular formula is C14H24F3NO2. The molecule has 20 heavy (non-hydrogen) atoms. The van der Waals surface area contributed by atoms with Crippen LogP contribution < -0.4 is 5.32 Å². The average molecular weight is 295 g/mol. The molecule has 0 heterocycles. The van der Waals surface area contributed by atoms with Gasteiger partial charge in [0, 0.05) is 0 Å². The van der Waals surface area contributed by atoms with Gasteiger partial charge in [0.05, 0.1) is 18.2 Å². The first kappa shape index (κ1) is 17.3. The molecule has 1 aliphatic rings. The van der Waals surface area contributed by atoms with Gasteiger partial charge in [-0.1, -0.05) is 20.8 Å². The third-order valence-electron chi connectivity index (χ3n) is 3.48. The van der Waals surface area contributed by atoms with E-state index in [0.29, 0.717) is 12.5 Å². The Kier molecular flexibility index (Phi) is 4.79. The molecule has 1 atom stereocenters. The van der Waals surface area contributed by atoms with E-state index in [-0.39, 0.29) is 0 Å². The summed E-state index contributed by atoms with van der Waals surface area (Å²) in [6.45, 7) is 9.34. The molecule has 1 N–H and O–H groups in total. The van der Waals surface area contributed by atoms with E-state index in [1.165, 1.54) is 0 Å². The van der Waals surface area contributed by atoms with E-state index in [1.54, 1.807) is 34.6 Å². The van der Waals surface area contributed by atoms with Crippen molar-refractivity contribution in [3.8, 4) is 0 Å². The lowest BCUT2D eigenvalue weighted by Crippen LogP contribution is -2.59. The number of rotatable bonds is 5. The first-order valence-electron chi connectivity index (χ1n) is 6.85. The molecule has 3 nitrogen and oxygen atoms in total. The SMILES string of the molecule is CC(C)(C)C(NC(=O)C(F)(F)F)C(C)(C)OCC1CC1. The van der Waals surface area contributed by atoms with Gasteiger partial charge in [0.2, 0.25) is 0 Å². The van der Waals surface area contributed by atoms with Crippen LogP contribution in [0.4, 0.5) is 13.2 Å². The predicted octanol–water partition coefficient (Wildman–Crippen LogP) is 3.28. The molecule has 0 saturated heterocycles. The fraction of sp³-hybridized carbons (Fsp3) is 0.929. The summed E-state index contributed by atoms with van der Waals surface area (Å²) in [6, 6.07) is -0.733. The second kappa shape index (κ2) is 5.54. The standard InChI is InChI=1S/C14H24F3NO2/c1-12(2,3)10(18-11(19)14(15,16)17)13(4,5)20-8-9-6-7-9/h9-10H,6-8H2,1-5H3,(H,18,19). The van der Waals surface area contributed by atoms with Crippen LogP contribution in [0.5, 0.6) is 0 Å². The van der Waals surface area contributed by atoms with E-state index in [0.717, 1.165) is 12.8 Å². The molecule has 1 rings (SSSR count). The van der Waals surface area contributed by atoms with Crippen LogP contribution in [0.25, 0.3) is 0 Å². The third-order valence-corrected chi connectivity index (χ3v) is 3.48. The second-order valence-electron chi connectivity index (χ2n) is 7.13. The lowest BCUT2D eigenvalue weighted by Gasteiger charge is -2.43. The number of ether oxygens (including phenoxy) is 1. The van der Waals surface area contributed by atoms with Crippen molar-refractivity contribution in [1.29, 1.82) is 0 Å². The maximum Gasteiger partial charge on any atom is 0.471 e. The molecule has 118 valence electrons. The highest BCUT2D eigenvalue weighted by atomic mass is 19.4. The van der Waals surface area contributed by atoms with Crippen molar-refractivity contribution in [2.24, 2.45) is 11.3 Å². The highest BCUT2D eigenvalue weighted by Gasteiger charge is 2.46. The zero-order valence-electron chi connectivity index (χ0n) is 12.7. The number of amides is 1. The Morgan fingerprint density at radius 3 is 2.05 bits per heavy atom. The minimum atomic E-state index is -4.88. The maximum absolute atomic E-state index is 12.5. The van der Waals surface area contributed by atoms with Crippen LogP contribution in [0, 0.1) is 11.3 Å². The number of hydrogen-bond donors (Lipinski definition) is 1. The minimum Gasteiger partial charge on any atom is -0.373 e. The summed E-state index contributed by atoms with van der Waals surface area (Å²) < 4.78 is 43.1. The highest BCUT2D eigenvalue weighted by molar-refractivity contribution is 5.82. The normalized spacial score (nSPS) is 18.8. The van der Waals surface area contributed by atoms with Gasteiger partial charge in [-0.05, 0) is 38.0 Å². The largest absolute Gasteiger partial charge is 0.471 e. The summed E-state index contributed by atoms with van der Waals surface area (Å²) in [4.78, 5) is 11.2. The van der Waals surface area contributed by atoms with Gasteiger partial charge in [-0.15, -0.1) is 0 Å². The van der Waals surface area contributed by atoms with E-state index in [4.69, 9.17) is 4.74 Å². The topological polar surface area (TPSA) is 38.3 Å². The number of halogens is 3. The van der Waals surface area contributed by atoms with Crippen LogP contribution in [0.1, 0.15) is 47.5 Å². The Hall–Kier alpha value is -0.780. The van der Waals surface area contributed by atoms with E-state index < -0.39 is 29.1 Å². The van der Waals surface area contributed by atoms with Crippen molar-refractivity contribution >= 4 is 5.91 Å². The first-order valence-corrected chi connectivity index (χ1v) is 6.85. The zero-order chi connectivity index (χ0) is 15.8. The summed E-state index contributed by atoms with van der Waals surface area (Å²) in [5.41, 5.74) is -1.41. The molecule has 6 heteroatoms. The second-order valence-corrected chi connectivity index (χ2v) is 7.13. The lowest BCUT2D eigenvalue weighted by atomic mass is 9.77. The molecule has 0 aromatic carbocycles. The van der Waals surface area contributed by atoms with E-state index in [9.17, 15) is 18.0 Å². The lowest BCUT2D eigenvalue weighted by molar-refractivity contribution is -0.178. The Morgan fingerprint density at radius 1 is 1.20 bits per heavy atom. The van der Waals surface area contributed by atoms with Crippen molar-refractivity contribution in [3.63, 3.8) is 0 Å². The molecule has 1 fully saturated rings. The molecule has 1 unspecified atom stereocenters. The molecule has 0 spiro atoms. The third kappa shape index (κ3) is 4.96. The molecule has 0 aliphatic heterocycles. The monoisotopic (exact) mass is 295 g/mol. The number of hydrogen-bond acceptors (Lipinski definition) is 2. The molecular weight excluding hydrogens is 271 g/mol. The van der Waals surface area contributed by atoms with Crippen LogP contribution in [0.2, 0.25) is 0 Å². The number of carbonyl (C=O) groups is 1.